The van der Waals surface area contributed by atoms with Gasteiger partial charge in [0.1, 0.15) is 17.0 Å². The number of nitrogens with two attached hydrogens (primary N) is 1. The fourth-order valence-electron chi connectivity index (χ4n) is 4.38. The summed E-state index contributed by atoms with van der Waals surface area (Å²) >= 11 is 0. The first-order valence-electron chi connectivity index (χ1n) is 12.2. The van der Waals surface area contributed by atoms with Crippen LogP contribution in [-0.2, 0) is 12.7 Å². The molecule has 2 aromatic heterocycles. The Hall–Kier alpha value is -4.16. The first-order valence-corrected chi connectivity index (χ1v) is 12.2. The van der Waals surface area contributed by atoms with Crippen LogP contribution in [0.25, 0.3) is 22.4 Å². The molecule has 4 aromatic rings. The number of carbonyl (C=O) groups is 1. The highest BCUT2D eigenvalue weighted by Gasteiger charge is 2.33. The number of rotatable bonds is 7. The number of methoxy groups -OCH3 is 1. The van der Waals surface area contributed by atoms with E-state index < -0.39 is 23.8 Å². The third kappa shape index (κ3) is 5.25. The first-order chi connectivity index (χ1) is 18.5. The van der Waals surface area contributed by atoms with Gasteiger partial charge in [-0.05, 0) is 48.9 Å². The van der Waals surface area contributed by atoms with Gasteiger partial charge in [0.25, 0.3) is 5.91 Å². The summed E-state index contributed by atoms with van der Waals surface area (Å²) in [6, 6.07) is 12.1. The Labute approximate surface area is 221 Å². The summed E-state index contributed by atoms with van der Waals surface area (Å²) in [5.74, 6) is -0.212. The number of ether oxygens (including phenoxy) is 1. The van der Waals surface area contributed by atoms with Gasteiger partial charge in [-0.1, -0.05) is 12.1 Å². The Balaban J connectivity index is 1.41. The van der Waals surface area contributed by atoms with Crippen molar-refractivity contribution in [1.82, 2.24) is 15.3 Å². The van der Waals surface area contributed by atoms with E-state index in [0.717, 1.165) is 17.3 Å². The van der Waals surface area contributed by atoms with Crippen molar-refractivity contribution in [3.05, 3.63) is 71.2 Å². The molecule has 0 radical (unpaired) electrons. The van der Waals surface area contributed by atoms with Crippen molar-refractivity contribution >= 4 is 22.5 Å². The highest BCUT2D eigenvalue weighted by atomic mass is 19.4. The molecule has 3 heterocycles. The summed E-state index contributed by atoms with van der Waals surface area (Å²) in [5, 5.41) is 12.6. The molecule has 1 atom stereocenters. The van der Waals surface area contributed by atoms with E-state index in [2.05, 4.69) is 15.3 Å². The maximum atomic E-state index is 13.3. The second-order valence-corrected chi connectivity index (χ2v) is 9.33. The molecule has 39 heavy (non-hydrogen) atoms. The quantitative estimate of drug-likeness (QED) is 0.320. The smallest absolute Gasteiger partial charge is 0.433 e. The van der Waals surface area contributed by atoms with Gasteiger partial charge in [0, 0.05) is 36.3 Å². The number of aliphatic hydroxyl groups is 1. The third-order valence-corrected chi connectivity index (χ3v) is 6.46. The lowest BCUT2D eigenvalue weighted by atomic mass is 10.1. The van der Waals surface area contributed by atoms with Crippen LogP contribution in [0.4, 0.5) is 18.9 Å². The summed E-state index contributed by atoms with van der Waals surface area (Å²) in [7, 11) is 1.33. The minimum atomic E-state index is -4.64. The van der Waals surface area contributed by atoms with Crippen molar-refractivity contribution in [1.29, 1.82) is 0 Å². The molecular formula is C27H26F3N5O4. The molecule has 0 bridgehead atoms. The minimum absolute atomic E-state index is 0.0164. The summed E-state index contributed by atoms with van der Waals surface area (Å²) in [6.07, 6.45) is -4.94. The monoisotopic (exact) mass is 541 g/mol. The molecule has 204 valence electrons. The van der Waals surface area contributed by atoms with E-state index in [-0.39, 0.29) is 41.3 Å². The number of hydrogen-bond acceptors (Lipinski definition) is 8. The van der Waals surface area contributed by atoms with E-state index in [1.165, 1.54) is 19.2 Å². The van der Waals surface area contributed by atoms with E-state index in [0.29, 0.717) is 24.0 Å². The van der Waals surface area contributed by atoms with E-state index in [4.69, 9.17) is 14.9 Å². The fourth-order valence-corrected chi connectivity index (χ4v) is 4.38. The molecule has 4 N–H and O–H groups in total. The van der Waals surface area contributed by atoms with E-state index in [1.807, 2.05) is 29.2 Å². The van der Waals surface area contributed by atoms with Crippen LogP contribution in [0.5, 0.6) is 5.75 Å². The molecule has 9 nitrogen and oxygen atoms in total. The van der Waals surface area contributed by atoms with Gasteiger partial charge >= 0.3 is 6.18 Å². The lowest BCUT2D eigenvalue weighted by Crippen LogP contribution is -2.50. The van der Waals surface area contributed by atoms with E-state index >= 15 is 0 Å². The molecule has 0 saturated carbocycles. The summed E-state index contributed by atoms with van der Waals surface area (Å²) in [4.78, 5) is 23.3. The Morgan fingerprint density at radius 1 is 1.18 bits per heavy atom. The van der Waals surface area contributed by atoms with Crippen molar-refractivity contribution in [2.24, 2.45) is 5.73 Å². The molecular weight excluding hydrogens is 515 g/mol. The van der Waals surface area contributed by atoms with E-state index in [1.54, 1.807) is 13.0 Å². The number of nitrogens with zero attached hydrogens (tertiary/aromatic N) is 3. The number of amides is 1. The van der Waals surface area contributed by atoms with Crippen LogP contribution in [-0.4, -0.2) is 47.3 Å². The number of benzene rings is 2. The topological polar surface area (TPSA) is 127 Å². The minimum Gasteiger partial charge on any atom is -0.494 e. The number of carbonyl (C=O) groups excluding carboxylic acids is 1. The lowest BCUT2D eigenvalue weighted by Gasteiger charge is -2.37. The summed E-state index contributed by atoms with van der Waals surface area (Å²) < 4.78 is 51.0. The molecule has 0 unspecified atom stereocenters. The molecule has 0 spiro atoms. The number of fused-ring (bicyclic) bond motifs is 1. The Morgan fingerprint density at radius 3 is 2.51 bits per heavy atom. The molecule has 1 fully saturated rings. The lowest BCUT2D eigenvalue weighted by molar-refractivity contribution is -0.140. The predicted molar refractivity (Wildman–Crippen MR) is 137 cm³/mol. The van der Waals surface area contributed by atoms with Crippen LogP contribution in [0.15, 0.2) is 52.9 Å². The number of nitrogens with one attached hydrogen (secondary N) is 1. The molecule has 12 heteroatoms. The van der Waals surface area contributed by atoms with Crippen LogP contribution in [0.2, 0.25) is 0 Å². The van der Waals surface area contributed by atoms with Gasteiger partial charge in [-0.15, -0.1) is 0 Å². The number of oxazole rings is 1. The number of halogens is 3. The van der Waals surface area contributed by atoms with Gasteiger partial charge in [0.2, 0.25) is 5.89 Å². The Morgan fingerprint density at radius 2 is 1.90 bits per heavy atom. The largest absolute Gasteiger partial charge is 0.494 e. The van der Waals surface area contributed by atoms with Gasteiger partial charge in [-0.3, -0.25) is 4.79 Å². The highest BCUT2D eigenvalue weighted by molar-refractivity contribution is 5.98. The molecule has 5 rings (SSSR count). The standard InChI is InChI=1S/C27H26F3N5O4/c1-14(31)24-23(25(37)32-11-15-3-5-16(6-4-15)35-12-17(36)13-35)34-26(39-24)19-7-9-20(38-2)22-18(19)8-10-21(33-22)27(28,29)30/h3-10,14,17,36H,11-13,31H2,1-2H3,(H,32,37)/t14-/m0/s1. The summed E-state index contributed by atoms with van der Waals surface area (Å²) in [5.41, 5.74) is 7.12. The van der Waals surface area contributed by atoms with Crippen LogP contribution >= 0.6 is 0 Å². The number of hydrogen-bond donors (Lipinski definition) is 3. The van der Waals surface area contributed by atoms with Gasteiger partial charge in [-0.2, -0.15) is 13.2 Å². The van der Waals surface area contributed by atoms with Gasteiger partial charge < -0.3 is 30.2 Å². The van der Waals surface area contributed by atoms with Crippen LogP contribution in [0, 0.1) is 0 Å². The van der Waals surface area contributed by atoms with Crippen molar-refractivity contribution < 1.29 is 32.2 Å². The molecule has 2 aromatic carbocycles. The SMILES string of the molecule is COc1ccc(-c2nc(C(=O)NCc3ccc(N4CC(O)C4)cc3)c([C@H](C)N)o2)c2ccc(C(F)(F)F)nc12. The van der Waals surface area contributed by atoms with E-state index in [9.17, 15) is 23.1 Å². The zero-order valence-corrected chi connectivity index (χ0v) is 21.1. The van der Waals surface area contributed by atoms with Gasteiger partial charge in [0.05, 0.1) is 19.3 Å². The van der Waals surface area contributed by atoms with Crippen LogP contribution in [0.3, 0.4) is 0 Å². The number of aromatic nitrogens is 2. The van der Waals surface area contributed by atoms with Crippen molar-refractivity contribution in [2.45, 2.75) is 31.8 Å². The zero-order valence-electron chi connectivity index (χ0n) is 21.1. The number of pyridine rings is 1. The van der Waals surface area contributed by atoms with Crippen LogP contribution < -0.4 is 20.7 Å². The first kappa shape index (κ1) is 26.4. The van der Waals surface area contributed by atoms with Crippen molar-refractivity contribution in [3.63, 3.8) is 0 Å². The number of β-amino-alcohol motifs (C(OH)–C–C–N with tert-alkyl or cyclic N) is 1. The molecule has 0 aliphatic carbocycles. The van der Waals surface area contributed by atoms with Crippen molar-refractivity contribution in [2.75, 3.05) is 25.1 Å². The molecule has 1 aliphatic rings. The number of anilines is 1. The Kier molecular flexibility index (Phi) is 6.91. The third-order valence-electron chi connectivity index (χ3n) is 6.46. The Bertz CT molecular complexity index is 1510. The van der Waals surface area contributed by atoms with Gasteiger partial charge in [0.15, 0.2) is 11.5 Å². The second-order valence-electron chi connectivity index (χ2n) is 9.33. The molecule has 1 amide bonds. The maximum Gasteiger partial charge on any atom is 0.433 e. The predicted octanol–water partition coefficient (Wildman–Crippen LogP) is 4.05. The van der Waals surface area contributed by atoms with Crippen LogP contribution in [0.1, 0.15) is 40.5 Å². The fraction of sp³-hybridized carbons (Fsp3) is 0.296. The second kappa shape index (κ2) is 10.2. The normalized spacial score (nSPS) is 14.8. The number of alkyl halides is 3. The number of aliphatic hydroxyl groups excluding tert-OH is 1. The molecule has 1 saturated heterocycles. The zero-order chi connectivity index (χ0) is 27.9. The summed E-state index contributed by atoms with van der Waals surface area (Å²) in [6.45, 7) is 3.04. The van der Waals surface area contributed by atoms with Crippen molar-refractivity contribution in [3.8, 4) is 17.2 Å². The van der Waals surface area contributed by atoms with Gasteiger partial charge in [-0.25, -0.2) is 9.97 Å². The highest BCUT2D eigenvalue weighted by Crippen LogP contribution is 2.37. The average molecular weight is 542 g/mol. The molecule has 1 aliphatic heterocycles. The average Bonchev–Trinajstić information content (AvgIpc) is 3.35. The maximum absolute atomic E-state index is 13.3.